The number of halogens is 2. The fraction of sp³-hybridized carbons (Fsp3) is 0.0417. The molecular formula is C24H18ClFN4O. The molecule has 0 atom stereocenters. The molecule has 5 nitrogen and oxygen atoms in total. The molecule has 0 saturated carbocycles. The summed E-state index contributed by atoms with van der Waals surface area (Å²) in [6, 6.07) is 15.4. The monoisotopic (exact) mass is 432 g/mol. The van der Waals surface area contributed by atoms with Gasteiger partial charge in [0.15, 0.2) is 0 Å². The molecule has 2 aromatic heterocycles. The fourth-order valence-corrected chi connectivity index (χ4v) is 3.08. The number of hydrogen-bond acceptors (Lipinski definition) is 5. The summed E-state index contributed by atoms with van der Waals surface area (Å²) in [4.78, 5) is 12.4. The molecule has 0 aliphatic carbocycles. The van der Waals surface area contributed by atoms with Crippen molar-refractivity contribution in [2.45, 2.75) is 6.61 Å². The van der Waals surface area contributed by atoms with Gasteiger partial charge in [-0.25, -0.2) is 14.4 Å². The van der Waals surface area contributed by atoms with Crippen LogP contribution in [0.15, 0.2) is 79.5 Å². The van der Waals surface area contributed by atoms with Crippen molar-refractivity contribution in [3.63, 3.8) is 0 Å². The Morgan fingerprint density at radius 3 is 2.68 bits per heavy atom. The van der Waals surface area contributed by atoms with E-state index in [1.807, 2.05) is 30.4 Å². The Hall–Kier alpha value is -3.77. The Bertz CT molecular complexity index is 1200. The van der Waals surface area contributed by atoms with Crippen molar-refractivity contribution in [3.8, 4) is 5.75 Å². The zero-order valence-corrected chi connectivity index (χ0v) is 17.1. The maximum atomic E-state index is 13.3. The smallest absolute Gasteiger partial charge is 0.141 e. The molecule has 0 saturated heterocycles. The van der Waals surface area contributed by atoms with Crippen molar-refractivity contribution in [2.24, 2.45) is 0 Å². The van der Waals surface area contributed by atoms with Gasteiger partial charge in [0.05, 0.1) is 5.02 Å². The average Bonchev–Trinajstić information content (AvgIpc) is 2.79. The van der Waals surface area contributed by atoms with Crippen molar-refractivity contribution >= 4 is 35.3 Å². The van der Waals surface area contributed by atoms with E-state index in [9.17, 15) is 4.39 Å². The molecule has 2 aromatic carbocycles. The third kappa shape index (κ3) is 5.65. The number of hydrogen-bond donors (Lipinski definition) is 1. The van der Waals surface area contributed by atoms with Gasteiger partial charge >= 0.3 is 0 Å². The lowest BCUT2D eigenvalue weighted by atomic mass is 10.2. The number of nitrogens with one attached hydrogen (secondary N) is 1. The second kappa shape index (κ2) is 9.82. The first-order valence-corrected chi connectivity index (χ1v) is 9.87. The van der Waals surface area contributed by atoms with Gasteiger partial charge in [0.1, 0.15) is 30.3 Å². The number of ether oxygens (including phenoxy) is 1. The minimum absolute atomic E-state index is 0.222. The number of pyridine rings is 1. The lowest BCUT2D eigenvalue weighted by molar-refractivity contribution is 0.306. The first-order valence-electron chi connectivity index (χ1n) is 9.49. The number of nitrogens with zero attached hydrogens (tertiary/aromatic N) is 3. The average molecular weight is 433 g/mol. The van der Waals surface area contributed by atoms with Crippen LogP contribution in [0.4, 0.5) is 15.9 Å². The van der Waals surface area contributed by atoms with Gasteiger partial charge in [-0.05, 0) is 59.7 Å². The summed E-state index contributed by atoms with van der Waals surface area (Å²) in [5.41, 5.74) is 3.32. The molecule has 1 N–H and O–H groups in total. The number of anilines is 2. The molecule has 0 radical (unpaired) electrons. The quantitative estimate of drug-likeness (QED) is 0.379. The number of aromatic nitrogens is 3. The van der Waals surface area contributed by atoms with E-state index in [-0.39, 0.29) is 12.4 Å². The van der Waals surface area contributed by atoms with Crippen molar-refractivity contribution in [3.05, 3.63) is 107 Å². The molecular weight excluding hydrogens is 415 g/mol. The highest BCUT2D eigenvalue weighted by Crippen LogP contribution is 2.30. The van der Waals surface area contributed by atoms with Crippen LogP contribution < -0.4 is 10.1 Å². The van der Waals surface area contributed by atoms with E-state index >= 15 is 0 Å². The van der Waals surface area contributed by atoms with Crippen LogP contribution in [0.2, 0.25) is 5.02 Å². The largest absolute Gasteiger partial charge is 0.487 e. The van der Waals surface area contributed by atoms with Gasteiger partial charge in [-0.3, -0.25) is 4.98 Å². The van der Waals surface area contributed by atoms with Gasteiger partial charge in [-0.15, -0.1) is 0 Å². The zero-order chi connectivity index (χ0) is 21.5. The fourth-order valence-electron chi connectivity index (χ4n) is 2.85. The van der Waals surface area contributed by atoms with Crippen LogP contribution in [0.5, 0.6) is 5.75 Å². The summed E-state index contributed by atoms with van der Waals surface area (Å²) in [5, 5.41) is 3.69. The highest BCUT2D eigenvalue weighted by atomic mass is 35.5. The second-order valence-corrected chi connectivity index (χ2v) is 7.04. The molecule has 0 aliphatic heterocycles. The summed E-state index contributed by atoms with van der Waals surface area (Å²) >= 11 is 6.38. The van der Waals surface area contributed by atoms with Crippen molar-refractivity contribution in [1.29, 1.82) is 0 Å². The first kappa shape index (κ1) is 20.5. The maximum Gasteiger partial charge on any atom is 0.141 e. The van der Waals surface area contributed by atoms with Crippen molar-refractivity contribution in [1.82, 2.24) is 15.0 Å². The SMILES string of the molecule is Fc1cccc(COc2ccc(Nc3ncncc3C=Cc3ccncc3)cc2Cl)c1. The molecule has 31 heavy (non-hydrogen) atoms. The minimum atomic E-state index is -0.301. The number of rotatable bonds is 7. The Morgan fingerprint density at radius 2 is 1.87 bits per heavy atom. The van der Waals surface area contributed by atoms with E-state index in [0.717, 1.165) is 22.4 Å². The van der Waals surface area contributed by atoms with Crippen molar-refractivity contribution in [2.75, 3.05) is 5.32 Å². The highest BCUT2D eigenvalue weighted by Gasteiger charge is 2.07. The summed E-state index contributed by atoms with van der Waals surface area (Å²) < 4.78 is 19.0. The highest BCUT2D eigenvalue weighted by molar-refractivity contribution is 6.32. The molecule has 0 aliphatic rings. The Labute approximate surface area is 184 Å². The van der Waals surface area contributed by atoms with Gasteiger partial charge in [0.25, 0.3) is 0 Å². The van der Waals surface area contributed by atoms with Crippen molar-refractivity contribution < 1.29 is 9.13 Å². The predicted octanol–water partition coefficient (Wildman–Crippen LogP) is 6.16. The van der Waals surface area contributed by atoms with Crippen LogP contribution in [0.3, 0.4) is 0 Å². The molecule has 4 rings (SSSR count). The van der Waals surface area contributed by atoms with Crippen LogP contribution in [-0.2, 0) is 6.61 Å². The normalized spacial score (nSPS) is 10.9. The molecule has 0 unspecified atom stereocenters. The van der Waals surface area contributed by atoms with Crippen LogP contribution in [0.25, 0.3) is 12.2 Å². The maximum absolute atomic E-state index is 13.3. The van der Waals surface area contributed by atoms with E-state index in [4.69, 9.17) is 16.3 Å². The Balaban J connectivity index is 1.46. The standard InChI is InChI=1S/C24H18ClFN4O/c25-22-13-21(6-7-23(22)31-15-18-2-1-3-20(26)12-18)30-24-19(14-28-16-29-24)5-4-17-8-10-27-11-9-17/h1-14,16H,15H2,(H,28,29,30). The molecule has 2 heterocycles. The minimum Gasteiger partial charge on any atom is -0.487 e. The first-order chi connectivity index (χ1) is 15.2. The van der Waals surface area contributed by atoms with E-state index in [0.29, 0.717) is 16.6 Å². The second-order valence-electron chi connectivity index (χ2n) is 6.63. The molecule has 154 valence electrons. The van der Waals surface area contributed by atoms with Gasteiger partial charge < -0.3 is 10.1 Å². The van der Waals surface area contributed by atoms with Gasteiger partial charge in [0.2, 0.25) is 0 Å². The summed E-state index contributed by atoms with van der Waals surface area (Å²) in [7, 11) is 0. The molecule has 0 amide bonds. The van der Waals surface area contributed by atoms with E-state index in [2.05, 4.69) is 20.3 Å². The number of benzene rings is 2. The predicted molar refractivity (Wildman–Crippen MR) is 121 cm³/mol. The van der Waals surface area contributed by atoms with Crippen LogP contribution in [0, 0.1) is 5.82 Å². The summed E-state index contributed by atoms with van der Waals surface area (Å²) in [5.74, 6) is 0.854. The van der Waals surface area contributed by atoms with E-state index in [1.165, 1.54) is 18.5 Å². The third-order valence-electron chi connectivity index (χ3n) is 4.38. The van der Waals surface area contributed by atoms with Gasteiger partial charge in [-0.2, -0.15) is 0 Å². The van der Waals surface area contributed by atoms with E-state index in [1.54, 1.807) is 42.9 Å². The molecule has 0 spiro atoms. The lowest BCUT2D eigenvalue weighted by Gasteiger charge is -2.12. The Kier molecular flexibility index (Phi) is 6.50. The van der Waals surface area contributed by atoms with Crippen LogP contribution >= 0.6 is 11.6 Å². The lowest BCUT2D eigenvalue weighted by Crippen LogP contribution is -1.99. The molecule has 4 aromatic rings. The third-order valence-corrected chi connectivity index (χ3v) is 4.68. The van der Waals surface area contributed by atoms with Crippen LogP contribution in [-0.4, -0.2) is 15.0 Å². The molecule has 7 heteroatoms. The summed E-state index contributed by atoms with van der Waals surface area (Å²) in [6.07, 6.45) is 10.6. The topological polar surface area (TPSA) is 59.9 Å². The van der Waals surface area contributed by atoms with E-state index < -0.39 is 0 Å². The zero-order valence-electron chi connectivity index (χ0n) is 16.4. The molecule has 0 bridgehead atoms. The molecule has 0 fully saturated rings. The van der Waals surface area contributed by atoms with Gasteiger partial charge in [0, 0.05) is 29.8 Å². The van der Waals surface area contributed by atoms with Gasteiger partial charge in [-0.1, -0.05) is 29.8 Å². The summed E-state index contributed by atoms with van der Waals surface area (Å²) in [6.45, 7) is 0.222. The Morgan fingerprint density at radius 1 is 1.00 bits per heavy atom. The van der Waals surface area contributed by atoms with Crippen LogP contribution in [0.1, 0.15) is 16.7 Å².